The lowest BCUT2D eigenvalue weighted by atomic mass is 10.0. The number of carbonyl (C=O) groups is 1. The third kappa shape index (κ3) is 6.16. The zero-order valence-corrected chi connectivity index (χ0v) is 16.4. The van der Waals surface area contributed by atoms with E-state index in [0.29, 0.717) is 12.1 Å². The molecular weight excluding hydrogens is 376 g/mol. The summed E-state index contributed by atoms with van der Waals surface area (Å²) in [5.41, 5.74) is 6.60. The van der Waals surface area contributed by atoms with Gasteiger partial charge in [-0.1, -0.05) is 6.07 Å². The number of anilines is 1. The van der Waals surface area contributed by atoms with E-state index in [1.165, 1.54) is 24.3 Å². The van der Waals surface area contributed by atoms with Gasteiger partial charge in [0.2, 0.25) is 0 Å². The predicted octanol–water partition coefficient (Wildman–Crippen LogP) is 1.94. The maximum atomic E-state index is 11.3. The van der Waals surface area contributed by atoms with Crippen LogP contribution in [0.1, 0.15) is 35.4 Å². The van der Waals surface area contributed by atoms with E-state index in [9.17, 15) is 25.1 Å². The Morgan fingerprint density at radius 2 is 1.93 bits per heavy atom. The highest BCUT2D eigenvalue weighted by Crippen LogP contribution is 2.22. The largest absolute Gasteiger partial charge is 0.507 e. The number of nitrogens with two attached hydrogens (primary N) is 1. The molecule has 0 saturated carbocycles. The molecule has 29 heavy (non-hydrogen) atoms. The molecule has 2 aromatic carbocycles. The summed E-state index contributed by atoms with van der Waals surface area (Å²) in [5, 5.41) is 33.9. The summed E-state index contributed by atoms with van der Waals surface area (Å²) >= 11 is 0. The van der Waals surface area contributed by atoms with Gasteiger partial charge in [-0.25, -0.2) is 0 Å². The second kappa shape index (κ2) is 9.85. The van der Waals surface area contributed by atoms with Gasteiger partial charge in [0.05, 0.1) is 16.6 Å². The van der Waals surface area contributed by atoms with Crippen molar-refractivity contribution in [3.63, 3.8) is 0 Å². The van der Waals surface area contributed by atoms with Gasteiger partial charge in [-0.3, -0.25) is 14.9 Å². The molecule has 0 aliphatic heterocycles. The fourth-order valence-corrected chi connectivity index (χ4v) is 2.84. The van der Waals surface area contributed by atoms with Gasteiger partial charge in [-0.05, 0) is 43.2 Å². The topological polar surface area (TPSA) is 142 Å². The SMILES string of the molecule is CC(CCN(C)c1ccc([N+](=O)[O-])cc1)NCC(O)c1ccc(O)c(C(N)=O)c1. The predicted molar refractivity (Wildman–Crippen MR) is 110 cm³/mol. The number of phenols is 1. The average Bonchev–Trinajstić information content (AvgIpc) is 2.70. The summed E-state index contributed by atoms with van der Waals surface area (Å²) < 4.78 is 0. The minimum atomic E-state index is -0.858. The summed E-state index contributed by atoms with van der Waals surface area (Å²) in [6.45, 7) is 2.97. The third-order valence-electron chi connectivity index (χ3n) is 4.73. The Hall–Kier alpha value is -3.17. The molecule has 5 N–H and O–H groups in total. The molecular formula is C20H26N4O5. The van der Waals surface area contributed by atoms with Gasteiger partial charge < -0.3 is 26.2 Å². The number of nitro benzene ring substituents is 1. The molecule has 0 aliphatic rings. The van der Waals surface area contributed by atoms with Gasteiger partial charge in [0, 0.05) is 44.0 Å². The minimum absolute atomic E-state index is 0.0284. The molecule has 1 amide bonds. The molecule has 156 valence electrons. The van der Waals surface area contributed by atoms with E-state index >= 15 is 0 Å². The maximum Gasteiger partial charge on any atom is 0.269 e. The van der Waals surface area contributed by atoms with Gasteiger partial charge >= 0.3 is 0 Å². The number of hydrogen-bond acceptors (Lipinski definition) is 7. The summed E-state index contributed by atoms with van der Waals surface area (Å²) in [4.78, 5) is 23.6. The van der Waals surface area contributed by atoms with Crippen molar-refractivity contribution in [2.45, 2.75) is 25.5 Å². The number of rotatable bonds is 10. The summed E-state index contributed by atoms with van der Waals surface area (Å²) in [6, 6.07) is 10.7. The molecule has 0 fully saturated rings. The lowest BCUT2D eigenvalue weighted by Crippen LogP contribution is -2.33. The van der Waals surface area contributed by atoms with E-state index in [4.69, 9.17) is 5.73 Å². The van der Waals surface area contributed by atoms with Crippen molar-refractivity contribution in [1.29, 1.82) is 0 Å². The zero-order chi connectivity index (χ0) is 21.6. The number of nitrogens with zero attached hydrogens (tertiary/aromatic N) is 2. The standard InChI is InChI=1S/C20H26N4O5/c1-13(9-10-23(2)15-4-6-16(7-5-15)24(28)29)22-12-19(26)14-3-8-18(25)17(11-14)20(21)27/h3-8,11,13,19,22,25-26H,9-10,12H2,1-2H3,(H2,21,27). The number of benzene rings is 2. The van der Waals surface area contributed by atoms with Crippen molar-refractivity contribution in [3.8, 4) is 5.75 Å². The van der Waals surface area contributed by atoms with Crippen molar-refractivity contribution in [1.82, 2.24) is 5.32 Å². The Morgan fingerprint density at radius 3 is 2.52 bits per heavy atom. The number of hydrogen-bond donors (Lipinski definition) is 4. The molecule has 0 radical (unpaired) electrons. The van der Waals surface area contributed by atoms with Gasteiger partial charge in [-0.2, -0.15) is 0 Å². The Kier molecular flexibility index (Phi) is 7.52. The van der Waals surface area contributed by atoms with Crippen LogP contribution >= 0.6 is 0 Å². The van der Waals surface area contributed by atoms with Crippen molar-refractivity contribution in [2.75, 3.05) is 25.0 Å². The van der Waals surface area contributed by atoms with Crippen LogP contribution in [-0.4, -0.2) is 47.2 Å². The Morgan fingerprint density at radius 1 is 1.28 bits per heavy atom. The molecule has 2 rings (SSSR count). The van der Waals surface area contributed by atoms with Gasteiger partial charge in [0.25, 0.3) is 11.6 Å². The van der Waals surface area contributed by atoms with Crippen LogP contribution in [0.4, 0.5) is 11.4 Å². The fraction of sp³-hybridized carbons (Fsp3) is 0.350. The van der Waals surface area contributed by atoms with Crippen molar-refractivity contribution in [2.24, 2.45) is 5.73 Å². The first-order chi connectivity index (χ1) is 13.7. The molecule has 0 aliphatic carbocycles. The first-order valence-corrected chi connectivity index (χ1v) is 9.18. The zero-order valence-electron chi connectivity index (χ0n) is 16.4. The average molecular weight is 402 g/mol. The van der Waals surface area contributed by atoms with E-state index in [1.54, 1.807) is 18.2 Å². The van der Waals surface area contributed by atoms with Crippen LogP contribution in [0.2, 0.25) is 0 Å². The minimum Gasteiger partial charge on any atom is -0.507 e. The number of aliphatic hydroxyl groups is 1. The first-order valence-electron chi connectivity index (χ1n) is 9.18. The smallest absolute Gasteiger partial charge is 0.269 e. The molecule has 2 aromatic rings. The number of aromatic hydroxyl groups is 1. The molecule has 0 aromatic heterocycles. The molecule has 0 saturated heterocycles. The molecule has 2 unspecified atom stereocenters. The van der Waals surface area contributed by atoms with E-state index in [2.05, 4.69) is 5.32 Å². The van der Waals surface area contributed by atoms with E-state index < -0.39 is 16.9 Å². The number of amides is 1. The maximum absolute atomic E-state index is 11.3. The summed E-state index contributed by atoms with van der Waals surface area (Å²) in [7, 11) is 1.91. The molecule has 9 nitrogen and oxygen atoms in total. The quantitative estimate of drug-likeness (QED) is 0.351. The second-order valence-electron chi connectivity index (χ2n) is 6.95. The Labute approximate surface area is 168 Å². The van der Waals surface area contributed by atoms with Crippen molar-refractivity contribution >= 4 is 17.3 Å². The first kappa shape index (κ1) is 22.1. The fourth-order valence-electron chi connectivity index (χ4n) is 2.84. The highest BCUT2D eigenvalue weighted by molar-refractivity contribution is 5.95. The molecule has 0 spiro atoms. The lowest BCUT2D eigenvalue weighted by molar-refractivity contribution is -0.384. The van der Waals surface area contributed by atoms with E-state index in [-0.39, 0.29) is 29.6 Å². The molecule has 0 bridgehead atoms. The van der Waals surface area contributed by atoms with Crippen LogP contribution in [-0.2, 0) is 0 Å². The second-order valence-corrected chi connectivity index (χ2v) is 6.95. The lowest BCUT2D eigenvalue weighted by Gasteiger charge is -2.23. The number of non-ortho nitro benzene ring substituents is 1. The Balaban J connectivity index is 1.83. The van der Waals surface area contributed by atoms with Crippen molar-refractivity contribution in [3.05, 3.63) is 63.7 Å². The van der Waals surface area contributed by atoms with E-state index in [0.717, 1.165) is 12.1 Å². The number of aliphatic hydroxyl groups excluding tert-OH is 1. The number of nitrogens with one attached hydrogen (secondary N) is 1. The van der Waals surface area contributed by atoms with Crippen LogP contribution in [0.15, 0.2) is 42.5 Å². The summed E-state index contributed by atoms with van der Waals surface area (Å²) in [6.07, 6.45) is -0.0777. The van der Waals surface area contributed by atoms with Crippen LogP contribution in [0, 0.1) is 10.1 Å². The summed E-state index contributed by atoms with van der Waals surface area (Å²) in [5.74, 6) is -0.976. The van der Waals surface area contributed by atoms with Gasteiger partial charge in [0.1, 0.15) is 5.75 Å². The highest BCUT2D eigenvalue weighted by Gasteiger charge is 2.15. The van der Waals surface area contributed by atoms with Gasteiger partial charge in [-0.15, -0.1) is 0 Å². The molecule has 2 atom stereocenters. The highest BCUT2D eigenvalue weighted by atomic mass is 16.6. The Bertz CT molecular complexity index is 856. The molecule has 9 heteroatoms. The third-order valence-corrected chi connectivity index (χ3v) is 4.73. The number of carbonyl (C=O) groups excluding carboxylic acids is 1. The monoisotopic (exact) mass is 402 g/mol. The van der Waals surface area contributed by atoms with Crippen LogP contribution < -0.4 is 16.0 Å². The van der Waals surface area contributed by atoms with Crippen LogP contribution in [0.3, 0.4) is 0 Å². The number of nitro groups is 1. The van der Waals surface area contributed by atoms with Crippen LogP contribution in [0.25, 0.3) is 0 Å². The number of primary amides is 1. The molecule has 0 heterocycles. The van der Waals surface area contributed by atoms with E-state index in [1.807, 2.05) is 18.9 Å². The van der Waals surface area contributed by atoms with Gasteiger partial charge in [0.15, 0.2) is 0 Å². The van der Waals surface area contributed by atoms with Crippen molar-refractivity contribution < 1.29 is 19.9 Å². The van der Waals surface area contributed by atoms with Crippen LogP contribution in [0.5, 0.6) is 5.75 Å². The normalized spacial score (nSPS) is 12.9.